The lowest BCUT2D eigenvalue weighted by atomic mass is 10.2. The molecule has 90 valence electrons. The van der Waals surface area contributed by atoms with Crippen molar-refractivity contribution in [1.29, 1.82) is 0 Å². The number of rotatable bonds is 5. The Bertz CT molecular complexity index is 457. The molecule has 1 unspecified atom stereocenters. The largest absolute Gasteiger partial charge is 0.361 e. The van der Waals surface area contributed by atoms with Gasteiger partial charge in [0.1, 0.15) is 10.8 Å². The van der Waals surface area contributed by atoms with E-state index in [9.17, 15) is 0 Å². The summed E-state index contributed by atoms with van der Waals surface area (Å²) in [6, 6.07) is 2.06. The Balaban J connectivity index is 2.13. The Morgan fingerprint density at radius 2 is 2.24 bits per heavy atom. The van der Waals surface area contributed by atoms with Crippen molar-refractivity contribution in [3.63, 3.8) is 0 Å². The quantitative estimate of drug-likeness (QED) is 0.852. The second-order valence-electron chi connectivity index (χ2n) is 3.49. The molecule has 0 aromatic carbocycles. The van der Waals surface area contributed by atoms with E-state index in [1.165, 1.54) is 0 Å². The lowest BCUT2D eigenvalue weighted by molar-refractivity contribution is 0.737. The van der Waals surface area contributed by atoms with Crippen molar-refractivity contribution in [3.05, 3.63) is 28.8 Å². The maximum Gasteiger partial charge on any atom is 0.224 e. The van der Waals surface area contributed by atoms with Gasteiger partial charge >= 0.3 is 0 Å². The van der Waals surface area contributed by atoms with E-state index in [4.69, 9.17) is 0 Å². The smallest absolute Gasteiger partial charge is 0.224 e. The fraction of sp³-hybridized carbons (Fsp3) is 0.364. The second kappa shape index (κ2) is 5.58. The van der Waals surface area contributed by atoms with E-state index in [-0.39, 0.29) is 6.04 Å². The van der Waals surface area contributed by atoms with Gasteiger partial charge in [0, 0.05) is 24.8 Å². The molecule has 2 N–H and O–H groups in total. The van der Waals surface area contributed by atoms with Crippen molar-refractivity contribution in [2.75, 3.05) is 17.7 Å². The van der Waals surface area contributed by atoms with Crippen LogP contribution < -0.4 is 10.6 Å². The van der Waals surface area contributed by atoms with E-state index in [2.05, 4.69) is 32.5 Å². The van der Waals surface area contributed by atoms with Crippen LogP contribution in [0.2, 0.25) is 0 Å². The zero-order valence-electron chi connectivity index (χ0n) is 9.84. The van der Waals surface area contributed by atoms with Gasteiger partial charge in [0.25, 0.3) is 0 Å². The van der Waals surface area contributed by atoms with Gasteiger partial charge in [-0.05, 0) is 12.5 Å². The average molecular weight is 249 g/mol. The molecule has 0 spiro atoms. The van der Waals surface area contributed by atoms with Crippen molar-refractivity contribution in [1.82, 2.24) is 15.0 Å². The highest BCUT2D eigenvalue weighted by atomic mass is 32.1. The summed E-state index contributed by atoms with van der Waals surface area (Å²) in [5, 5.41) is 9.35. The van der Waals surface area contributed by atoms with Crippen LogP contribution in [0.4, 0.5) is 11.8 Å². The molecule has 2 heterocycles. The van der Waals surface area contributed by atoms with Crippen molar-refractivity contribution in [3.8, 4) is 0 Å². The number of hydrogen-bond donors (Lipinski definition) is 2. The molecule has 0 radical (unpaired) electrons. The predicted molar refractivity (Wildman–Crippen MR) is 70.3 cm³/mol. The monoisotopic (exact) mass is 249 g/mol. The summed E-state index contributed by atoms with van der Waals surface area (Å²) in [4.78, 5) is 12.7. The molecule has 0 bridgehead atoms. The normalized spacial score (nSPS) is 12.1. The summed E-state index contributed by atoms with van der Waals surface area (Å²) in [7, 11) is 1.80. The van der Waals surface area contributed by atoms with Crippen LogP contribution >= 0.6 is 11.3 Å². The molecule has 1 atom stereocenters. The van der Waals surface area contributed by atoms with E-state index < -0.39 is 0 Å². The Morgan fingerprint density at radius 3 is 2.88 bits per heavy atom. The molecule has 6 heteroatoms. The van der Waals surface area contributed by atoms with Crippen molar-refractivity contribution < 1.29 is 0 Å². The van der Waals surface area contributed by atoms with Gasteiger partial charge in [-0.3, -0.25) is 0 Å². The molecule has 0 saturated heterocycles. The van der Waals surface area contributed by atoms with Crippen molar-refractivity contribution in [2.24, 2.45) is 0 Å². The first-order chi connectivity index (χ1) is 8.33. The number of anilines is 2. The molecule has 0 aliphatic carbocycles. The molecule has 0 aliphatic rings. The molecular weight excluding hydrogens is 234 g/mol. The molecule has 0 fully saturated rings. The van der Waals surface area contributed by atoms with E-state index in [0.29, 0.717) is 5.95 Å². The first-order valence-electron chi connectivity index (χ1n) is 5.50. The lowest BCUT2D eigenvalue weighted by Crippen LogP contribution is -2.11. The van der Waals surface area contributed by atoms with Gasteiger partial charge in [0.15, 0.2) is 0 Å². The molecule has 17 heavy (non-hydrogen) atoms. The highest BCUT2D eigenvalue weighted by Crippen LogP contribution is 2.23. The highest BCUT2D eigenvalue weighted by molar-refractivity contribution is 7.09. The first-order valence-corrected chi connectivity index (χ1v) is 6.38. The summed E-state index contributed by atoms with van der Waals surface area (Å²) in [6.07, 6.45) is 4.52. The maximum absolute atomic E-state index is 4.33. The Labute approximate surface area is 104 Å². The van der Waals surface area contributed by atoms with Gasteiger partial charge in [-0.1, -0.05) is 6.92 Å². The van der Waals surface area contributed by atoms with Crippen LogP contribution in [-0.4, -0.2) is 22.0 Å². The summed E-state index contributed by atoms with van der Waals surface area (Å²) >= 11 is 1.65. The zero-order valence-corrected chi connectivity index (χ0v) is 10.7. The molecule has 2 aromatic heterocycles. The van der Waals surface area contributed by atoms with E-state index >= 15 is 0 Å². The molecule has 2 rings (SSSR count). The van der Waals surface area contributed by atoms with Gasteiger partial charge in [-0.2, -0.15) is 4.98 Å². The summed E-state index contributed by atoms with van der Waals surface area (Å²) in [6.45, 7) is 2.12. The first kappa shape index (κ1) is 11.8. The van der Waals surface area contributed by atoms with Crippen LogP contribution in [0.25, 0.3) is 0 Å². The van der Waals surface area contributed by atoms with Gasteiger partial charge in [-0.25, -0.2) is 9.97 Å². The SMILES string of the molecule is CCC(Nc1ccnc(NC)n1)c1nccs1. The van der Waals surface area contributed by atoms with E-state index in [0.717, 1.165) is 17.2 Å². The minimum Gasteiger partial charge on any atom is -0.361 e. The topological polar surface area (TPSA) is 62.7 Å². The number of aromatic nitrogens is 3. The Kier molecular flexibility index (Phi) is 3.87. The number of nitrogens with zero attached hydrogens (tertiary/aromatic N) is 3. The molecule has 0 saturated carbocycles. The van der Waals surface area contributed by atoms with Crippen molar-refractivity contribution >= 4 is 23.1 Å². The van der Waals surface area contributed by atoms with Crippen LogP contribution in [0.5, 0.6) is 0 Å². The fourth-order valence-electron chi connectivity index (χ4n) is 1.48. The van der Waals surface area contributed by atoms with Crippen LogP contribution in [0.1, 0.15) is 24.4 Å². The van der Waals surface area contributed by atoms with Crippen LogP contribution in [-0.2, 0) is 0 Å². The van der Waals surface area contributed by atoms with Crippen LogP contribution in [0.15, 0.2) is 23.8 Å². The van der Waals surface area contributed by atoms with Gasteiger partial charge in [0.05, 0.1) is 6.04 Å². The minimum absolute atomic E-state index is 0.203. The molecule has 2 aromatic rings. The van der Waals surface area contributed by atoms with Crippen molar-refractivity contribution in [2.45, 2.75) is 19.4 Å². The predicted octanol–water partition coefficient (Wildman–Crippen LogP) is 2.54. The third-order valence-electron chi connectivity index (χ3n) is 2.36. The van der Waals surface area contributed by atoms with E-state index in [1.807, 2.05) is 17.6 Å². The number of nitrogens with one attached hydrogen (secondary N) is 2. The zero-order chi connectivity index (χ0) is 12.1. The van der Waals surface area contributed by atoms with Gasteiger partial charge in [0.2, 0.25) is 5.95 Å². The average Bonchev–Trinajstić information content (AvgIpc) is 2.90. The highest BCUT2D eigenvalue weighted by Gasteiger charge is 2.12. The summed E-state index contributed by atoms with van der Waals surface area (Å²) < 4.78 is 0. The van der Waals surface area contributed by atoms with Gasteiger partial charge < -0.3 is 10.6 Å². The third kappa shape index (κ3) is 2.91. The minimum atomic E-state index is 0.203. The Morgan fingerprint density at radius 1 is 1.35 bits per heavy atom. The maximum atomic E-state index is 4.33. The number of hydrogen-bond acceptors (Lipinski definition) is 6. The second-order valence-corrected chi connectivity index (χ2v) is 4.42. The van der Waals surface area contributed by atoms with Crippen LogP contribution in [0, 0.1) is 0 Å². The lowest BCUT2D eigenvalue weighted by Gasteiger charge is -2.15. The third-order valence-corrected chi connectivity index (χ3v) is 3.25. The standard InChI is InChI=1S/C11H15N5S/c1-3-8(10-13-6-7-17-10)15-9-4-5-14-11(12-2)16-9/h4-8H,3H2,1-2H3,(H2,12,14,15,16). The van der Waals surface area contributed by atoms with Crippen LogP contribution in [0.3, 0.4) is 0 Å². The summed E-state index contributed by atoms with van der Waals surface area (Å²) in [5.41, 5.74) is 0. The molecule has 0 aliphatic heterocycles. The fourth-order valence-corrected chi connectivity index (χ4v) is 2.26. The summed E-state index contributed by atoms with van der Waals surface area (Å²) in [5.74, 6) is 1.43. The molecule has 0 amide bonds. The Hall–Kier alpha value is -1.69. The van der Waals surface area contributed by atoms with E-state index in [1.54, 1.807) is 24.6 Å². The molecular formula is C11H15N5S. The van der Waals surface area contributed by atoms with Gasteiger partial charge in [-0.15, -0.1) is 11.3 Å². The molecule has 5 nitrogen and oxygen atoms in total. The number of thiazole rings is 1.